The van der Waals surface area contributed by atoms with Gasteiger partial charge in [0.25, 0.3) is 0 Å². The highest BCUT2D eigenvalue weighted by Crippen LogP contribution is 2.20. The molecule has 1 rings (SSSR count). The van der Waals surface area contributed by atoms with E-state index in [9.17, 15) is 4.79 Å². The van der Waals surface area contributed by atoms with E-state index in [-0.39, 0.29) is 0 Å². The van der Waals surface area contributed by atoms with E-state index in [1.165, 1.54) is 11.8 Å². The molecule has 1 aliphatic rings. The van der Waals surface area contributed by atoms with Crippen LogP contribution in [-0.2, 0) is 4.79 Å². The Morgan fingerprint density at radius 1 is 1.92 bits per heavy atom. The molecule has 0 aromatic carbocycles. The van der Waals surface area contributed by atoms with Crippen LogP contribution in [0.1, 0.15) is 6.92 Å². The summed E-state index contributed by atoms with van der Waals surface area (Å²) in [7, 11) is 0. The van der Waals surface area contributed by atoms with Crippen LogP contribution < -0.4 is 0 Å². The van der Waals surface area contributed by atoms with Crippen molar-refractivity contribution in [3.05, 3.63) is 0 Å². The van der Waals surface area contributed by atoms with Crippen LogP contribution in [0.25, 0.3) is 0 Å². The standard InChI is InChI=1S/C7H9N3O2S/c1-5(6(11)12)10-2-3-13-7(10)9-4-8/h5H,2-3H2,1H3,(H,11,12). The van der Waals surface area contributed by atoms with Gasteiger partial charge in [-0.3, -0.25) is 0 Å². The SMILES string of the molecule is CC(C(=O)O)N1CCSC1=NC#N. The number of aliphatic carboxylic acids is 1. The number of thioether (sulfide) groups is 1. The average molecular weight is 199 g/mol. The number of carboxylic acids is 1. The van der Waals surface area contributed by atoms with E-state index >= 15 is 0 Å². The molecule has 1 aliphatic heterocycles. The number of amidine groups is 1. The molecular formula is C7H9N3O2S. The summed E-state index contributed by atoms with van der Waals surface area (Å²) in [5, 5.41) is 17.6. The first-order valence-corrected chi connectivity index (χ1v) is 4.74. The van der Waals surface area contributed by atoms with Crippen molar-refractivity contribution < 1.29 is 9.90 Å². The van der Waals surface area contributed by atoms with Crippen LogP contribution in [0.5, 0.6) is 0 Å². The fraction of sp³-hybridized carbons (Fsp3) is 0.571. The van der Waals surface area contributed by atoms with Crippen molar-refractivity contribution >= 4 is 22.9 Å². The van der Waals surface area contributed by atoms with E-state index in [0.29, 0.717) is 11.7 Å². The lowest BCUT2D eigenvalue weighted by Gasteiger charge is -2.21. The first kappa shape index (κ1) is 9.86. The maximum Gasteiger partial charge on any atom is 0.326 e. The Labute approximate surface area is 80.0 Å². The van der Waals surface area contributed by atoms with Gasteiger partial charge in [0.1, 0.15) is 6.04 Å². The molecule has 1 saturated heterocycles. The number of aliphatic imine (C=N–C) groups is 1. The lowest BCUT2D eigenvalue weighted by atomic mass is 10.3. The van der Waals surface area contributed by atoms with Gasteiger partial charge < -0.3 is 10.0 Å². The van der Waals surface area contributed by atoms with Crippen molar-refractivity contribution in [1.82, 2.24) is 4.90 Å². The second-order valence-corrected chi connectivity index (χ2v) is 3.61. The molecule has 0 radical (unpaired) electrons. The molecule has 0 aromatic heterocycles. The van der Waals surface area contributed by atoms with Crippen molar-refractivity contribution in [1.29, 1.82) is 5.26 Å². The number of nitriles is 1. The molecule has 13 heavy (non-hydrogen) atoms. The van der Waals surface area contributed by atoms with Gasteiger partial charge in [-0.2, -0.15) is 5.26 Å². The molecule has 0 amide bonds. The molecule has 5 nitrogen and oxygen atoms in total. The summed E-state index contributed by atoms with van der Waals surface area (Å²) in [5.74, 6) is -0.105. The molecule has 1 unspecified atom stereocenters. The minimum absolute atomic E-state index is 0.511. The summed E-state index contributed by atoms with van der Waals surface area (Å²) >= 11 is 1.41. The summed E-state index contributed by atoms with van der Waals surface area (Å²) < 4.78 is 0. The number of hydrogen-bond acceptors (Lipinski definition) is 4. The Morgan fingerprint density at radius 2 is 2.62 bits per heavy atom. The Balaban J connectivity index is 2.75. The monoisotopic (exact) mass is 199 g/mol. The van der Waals surface area contributed by atoms with E-state index < -0.39 is 12.0 Å². The predicted molar refractivity (Wildman–Crippen MR) is 49.3 cm³/mol. The van der Waals surface area contributed by atoms with Crippen molar-refractivity contribution in [2.24, 2.45) is 4.99 Å². The number of carboxylic acid groups (broad SMARTS) is 1. The van der Waals surface area contributed by atoms with Gasteiger partial charge in [-0.1, -0.05) is 11.8 Å². The summed E-state index contributed by atoms with van der Waals surface area (Å²) in [5.41, 5.74) is 0. The van der Waals surface area contributed by atoms with Crippen LogP contribution in [-0.4, -0.2) is 39.5 Å². The molecule has 1 fully saturated rings. The zero-order chi connectivity index (χ0) is 9.84. The first-order valence-electron chi connectivity index (χ1n) is 3.76. The molecule has 0 saturated carbocycles. The Morgan fingerprint density at radius 3 is 3.15 bits per heavy atom. The van der Waals surface area contributed by atoms with Gasteiger partial charge in [-0.05, 0) is 6.92 Å². The number of nitrogens with zero attached hydrogens (tertiary/aromatic N) is 3. The molecule has 0 spiro atoms. The van der Waals surface area contributed by atoms with Gasteiger partial charge in [0.05, 0.1) is 0 Å². The maximum atomic E-state index is 10.6. The van der Waals surface area contributed by atoms with E-state index in [1.807, 2.05) is 0 Å². The van der Waals surface area contributed by atoms with Crippen LogP contribution in [0.2, 0.25) is 0 Å². The predicted octanol–water partition coefficient (Wildman–Crippen LogP) is 0.345. The summed E-state index contributed by atoms with van der Waals surface area (Å²) in [6.07, 6.45) is 1.67. The minimum Gasteiger partial charge on any atom is -0.480 e. The van der Waals surface area contributed by atoms with Crippen LogP contribution in [0, 0.1) is 11.5 Å². The third kappa shape index (κ3) is 2.12. The third-order valence-electron chi connectivity index (χ3n) is 1.78. The number of hydrogen-bond donors (Lipinski definition) is 1. The molecule has 0 aliphatic carbocycles. The summed E-state index contributed by atoms with van der Waals surface area (Å²) in [6, 6.07) is -0.609. The van der Waals surface area contributed by atoms with Crippen molar-refractivity contribution in [2.75, 3.05) is 12.3 Å². The fourth-order valence-electron chi connectivity index (χ4n) is 1.05. The van der Waals surface area contributed by atoms with Gasteiger partial charge in [0.2, 0.25) is 6.19 Å². The fourth-order valence-corrected chi connectivity index (χ4v) is 2.04. The van der Waals surface area contributed by atoms with Crippen LogP contribution in [0.3, 0.4) is 0 Å². The van der Waals surface area contributed by atoms with Crippen molar-refractivity contribution in [3.8, 4) is 6.19 Å². The largest absolute Gasteiger partial charge is 0.480 e. The second kappa shape index (κ2) is 4.14. The Bertz CT molecular complexity index is 284. The van der Waals surface area contributed by atoms with E-state index in [2.05, 4.69) is 4.99 Å². The summed E-state index contributed by atoms with van der Waals surface area (Å²) in [6.45, 7) is 2.22. The van der Waals surface area contributed by atoms with E-state index in [4.69, 9.17) is 10.4 Å². The Kier molecular flexibility index (Phi) is 3.14. The lowest BCUT2D eigenvalue weighted by Crippen LogP contribution is -2.39. The first-order chi connectivity index (χ1) is 6.16. The second-order valence-electron chi connectivity index (χ2n) is 2.55. The highest BCUT2D eigenvalue weighted by Gasteiger charge is 2.28. The lowest BCUT2D eigenvalue weighted by molar-refractivity contribution is -0.141. The molecule has 1 heterocycles. The van der Waals surface area contributed by atoms with Gasteiger partial charge in [0.15, 0.2) is 5.17 Å². The van der Waals surface area contributed by atoms with Gasteiger partial charge in [0, 0.05) is 12.3 Å². The van der Waals surface area contributed by atoms with Crippen LogP contribution in [0.4, 0.5) is 0 Å². The quantitative estimate of drug-likeness (QED) is 0.649. The topological polar surface area (TPSA) is 76.7 Å². The Hall–Kier alpha value is -1.22. The molecule has 6 heteroatoms. The number of rotatable bonds is 2. The summed E-state index contributed by atoms with van der Waals surface area (Å²) in [4.78, 5) is 15.8. The van der Waals surface area contributed by atoms with E-state index in [0.717, 1.165) is 5.75 Å². The number of carbonyl (C=O) groups is 1. The third-order valence-corrected chi connectivity index (χ3v) is 2.75. The molecule has 0 aromatic rings. The molecule has 0 bridgehead atoms. The highest BCUT2D eigenvalue weighted by atomic mass is 32.2. The van der Waals surface area contributed by atoms with Gasteiger partial charge in [-0.25, -0.2) is 4.79 Å². The molecular weight excluding hydrogens is 190 g/mol. The van der Waals surface area contributed by atoms with Crippen LogP contribution in [0.15, 0.2) is 4.99 Å². The minimum atomic E-state index is -0.895. The van der Waals surface area contributed by atoms with Gasteiger partial charge in [-0.15, -0.1) is 4.99 Å². The normalized spacial score (nSPS) is 21.5. The molecule has 1 N–H and O–H groups in total. The average Bonchev–Trinajstić information content (AvgIpc) is 2.52. The zero-order valence-corrected chi connectivity index (χ0v) is 7.91. The van der Waals surface area contributed by atoms with Crippen LogP contribution >= 0.6 is 11.8 Å². The van der Waals surface area contributed by atoms with Crippen molar-refractivity contribution in [3.63, 3.8) is 0 Å². The highest BCUT2D eigenvalue weighted by molar-refractivity contribution is 8.14. The smallest absolute Gasteiger partial charge is 0.326 e. The van der Waals surface area contributed by atoms with Crippen molar-refractivity contribution in [2.45, 2.75) is 13.0 Å². The molecule has 70 valence electrons. The maximum absolute atomic E-state index is 10.6. The van der Waals surface area contributed by atoms with Gasteiger partial charge >= 0.3 is 5.97 Å². The van der Waals surface area contributed by atoms with E-state index in [1.54, 1.807) is 18.0 Å². The molecule has 1 atom stereocenters. The zero-order valence-electron chi connectivity index (χ0n) is 7.10.